The molecule has 0 aliphatic carbocycles. The molecule has 106 valence electrons. The van der Waals surface area contributed by atoms with Crippen LogP contribution >= 0.6 is 0 Å². The largest absolute Gasteiger partial charge is 0.323 e. The quantitative estimate of drug-likeness (QED) is 0.935. The van der Waals surface area contributed by atoms with E-state index in [2.05, 4.69) is 6.92 Å². The second-order valence-electron chi connectivity index (χ2n) is 5.19. The van der Waals surface area contributed by atoms with E-state index < -0.39 is 10.8 Å². The number of aryl methyl sites for hydroxylation is 2. The zero-order valence-electron chi connectivity index (χ0n) is 12.2. The van der Waals surface area contributed by atoms with Crippen LogP contribution in [-0.4, -0.2) is 9.46 Å². The summed E-state index contributed by atoms with van der Waals surface area (Å²) in [6.07, 6.45) is 0. The highest BCUT2D eigenvalue weighted by Crippen LogP contribution is 2.23. The van der Waals surface area contributed by atoms with E-state index in [0.717, 1.165) is 16.0 Å². The Balaban J connectivity index is 2.22. The molecule has 2 aromatic rings. The van der Waals surface area contributed by atoms with E-state index in [1.54, 1.807) is 0 Å². The van der Waals surface area contributed by atoms with E-state index in [1.165, 1.54) is 5.56 Å². The number of hydrogen-bond donors (Lipinski definition) is 1. The van der Waals surface area contributed by atoms with Gasteiger partial charge in [0.2, 0.25) is 0 Å². The molecular weight excluding hydrogens is 266 g/mol. The van der Waals surface area contributed by atoms with Crippen molar-refractivity contribution in [3.05, 3.63) is 65.2 Å². The lowest BCUT2D eigenvalue weighted by Gasteiger charge is -2.20. The van der Waals surface area contributed by atoms with Gasteiger partial charge in [0.25, 0.3) is 0 Å². The third kappa shape index (κ3) is 3.17. The van der Waals surface area contributed by atoms with Crippen LogP contribution in [0.3, 0.4) is 0 Å². The fourth-order valence-corrected chi connectivity index (χ4v) is 3.48. The van der Waals surface area contributed by atoms with Gasteiger partial charge in [-0.15, -0.1) is 0 Å². The summed E-state index contributed by atoms with van der Waals surface area (Å²) in [4.78, 5) is 0.854. The molecule has 0 fully saturated rings. The normalized spacial score (nSPS) is 15.6. The lowest BCUT2D eigenvalue weighted by atomic mass is 10.1. The maximum Gasteiger partial charge on any atom is 0.0577 e. The van der Waals surface area contributed by atoms with Crippen molar-refractivity contribution in [2.45, 2.75) is 37.0 Å². The predicted molar refractivity (Wildman–Crippen MR) is 85.2 cm³/mol. The van der Waals surface area contributed by atoms with Gasteiger partial charge < -0.3 is 5.73 Å². The lowest BCUT2D eigenvalue weighted by molar-refractivity contribution is 0.643. The molecule has 0 heterocycles. The molecule has 0 amide bonds. The van der Waals surface area contributed by atoms with Gasteiger partial charge in [-0.25, -0.2) is 0 Å². The molecule has 0 saturated carbocycles. The molecule has 20 heavy (non-hydrogen) atoms. The molecule has 2 nitrogen and oxygen atoms in total. The smallest absolute Gasteiger partial charge is 0.0577 e. The maximum atomic E-state index is 12.7. The Morgan fingerprint density at radius 1 is 1.00 bits per heavy atom. The van der Waals surface area contributed by atoms with Crippen LogP contribution in [0.4, 0.5) is 0 Å². The van der Waals surface area contributed by atoms with Gasteiger partial charge in [0.15, 0.2) is 0 Å². The number of hydrogen-bond acceptors (Lipinski definition) is 2. The Kier molecular flexibility index (Phi) is 4.73. The zero-order valence-corrected chi connectivity index (χ0v) is 13.0. The first-order valence-electron chi connectivity index (χ1n) is 6.79. The Morgan fingerprint density at radius 3 is 2.25 bits per heavy atom. The summed E-state index contributed by atoms with van der Waals surface area (Å²) in [6.45, 7) is 6.04. The fourth-order valence-electron chi connectivity index (χ4n) is 2.13. The molecule has 0 aromatic heterocycles. The van der Waals surface area contributed by atoms with E-state index in [-0.39, 0.29) is 11.3 Å². The first kappa shape index (κ1) is 14.9. The van der Waals surface area contributed by atoms with Crippen LogP contribution in [0.15, 0.2) is 53.4 Å². The summed E-state index contributed by atoms with van der Waals surface area (Å²) in [6, 6.07) is 15.6. The second-order valence-corrected chi connectivity index (χ2v) is 6.99. The predicted octanol–water partition coefficient (Wildman–Crippen LogP) is 3.50. The number of nitrogens with two attached hydrogens (primary N) is 1. The second kappa shape index (κ2) is 6.33. The number of rotatable bonds is 4. The minimum absolute atomic E-state index is 0.125. The summed E-state index contributed by atoms with van der Waals surface area (Å²) in [7, 11) is -1.10. The Labute approximate surface area is 123 Å². The summed E-state index contributed by atoms with van der Waals surface area (Å²) < 4.78 is 12.7. The lowest BCUT2D eigenvalue weighted by Crippen LogP contribution is -2.27. The summed E-state index contributed by atoms with van der Waals surface area (Å²) in [5, 5.41) is -0.125. The van der Waals surface area contributed by atoms with Gasteiger partial charge in [-0.05, 0) is 49.6 Å². The minimum Gasteiger partial charge on any atom is -0.323 e. The van der Waals surface area contributed by atoms with Crippen LogP contribution in [-0.2, 0) is 10.8 Å². The van der Waals surface area contributed by atoms with Gasteiger partial charge >= 0.3 is 0 Å². The SMILES string of the molecule is Cc1ccc(S(=O)C(C)C(N)c2ccccc2)cc1C. The molecule has 2 rings (SSSR count). The van der Waals surface area contributed by atoms with Gasteiger partial charge in [-0.3, -0.25) is 4.21 Å². The molecule has 3 heteroatoms. The molecule has 2 aromatic carbocycles. The van der Waals surface area contributed by atoms with Crippen molar-refractivity contribution < 1.29 is 4.21 Å². The highest BCUT2D eigenvalue weighted by Gasteiger charge is 2.22. The molecule has 3 unspecified atom stereocenters. The highest BCUT2D eigenvalue weighted by molar-refractivity contribution is 7.85. The minimum atomic E-state index is -1.10. The van der Waals surface area contributed by atoms with Crippen LogP contribution in [0.5, 0.6) is 0 Å². The van der Waals surface area contributed by atoms with Crippen LogP contribution in [0.1, 0.15) is 29.7 Å². The van der Waals surface area contributed by atoms with Crippen molar-refractivity contribution >= 4 is 10.8 Å². The Hall–Kier alpha value is -1.45. The number of benzene rings is 2. The van der Waals surface area contributed by atoms with E-state index >= 15 is 0 Å². The first-order valence-corrected chi connectivity index (χ1v) is 8.00. The molecule has 3 atom stereocenters. The van der Waals surface area contributed by atoms with E-state index in [4.69, 9.17) is 5.73 Å². The molecule has 0 radical (unpaired) electrons. The standard InChI is InChI=1S/C17H21NOS/c1-12-9-10-16(11-13(12)2)20(19)14(3)17(18)15-7-5-4-6-8-15/h4-11,14,17H,18H2,1-3H3. The van der Waals surface area contributed by atoms with Crippen molar-refractivity contribution in [1.29, 1.82) is 0 Å². The van der Waals surface area contributed by atoms with Crippen LogP contribution in [0, 0.1) is 13.8 Å². The van der Waals surface area contributed by atoms with Gasteiger partial charge in [-0.1, -0.05) is 36.4 Å². The van der Waals surface area contributed by atoms with Gasteiger partial charge in [0.05, 0.1) is 16.0 Å². The summed E-state index contributed by atoms with van der Waals surface area (Å²) >= 11 is 0. The fraction of sp³-hybridized carbons (Fsp3) is 0.294. The maximum absolute atomic E-state index is 12.7. The molecule has 0 spiro atoms. The summed E-state index contributed by atoms with van der Waals surface area (Å²) in [5.41, 5.74) is 9.65. The first-order chi connectivity index (χ1) is 9.50. The van der Waals surface area contributed by atoms with Crippen LogP contribution in [0.25, 0.3) is 0 Å². The molecule has 0 aliphatic rings. The third-order valence-electron chi connectivity index (χ3n) is 3.74. The van der Waals surface area contributed by atoms with Crippen molar-refractivity contribution in [2.75, 3.05) is 0 Å². The van der Waals surface area contributed by atoms with Crippen molar-refractivity contribution in [3.8, 4) is 0 Å². The Morgan fingerprint density at radius 2 is 1.65 bits per heavy atom. The van der Waals surface area contributed by atoms with Gasteiger partial charge in [0.1, 0.15) is 0 Å². The van der Waals surface area contributed by atoms with Crippen LogP contribution in [0.2, 0.25) is 0 Å². The average Bonchev–Trinajstić information content (AvgIpc) is 2.48. The highest BCUT2D eigenvalue weighted by atomic mass is 32.2. The summed E-state index contributed by atoms with van der Waals surface area (Å²) in [5.74, 6) is 0. The van der Waals surface area contributed by atoms with Crippen molar-refractivity contribution in [1.82, 2.24) is 0 Å². The average molecular weight is 287 g/mol. The van der Waals surface area contributed by atoms with Crippen molar-refractivity contribution in [2.24, 2.45) is 5.73 Å². The van der Waals surface area contributed by atoms with E-state index in [0.29, 0.717) is 0 Å². The monoisotopic (exact) mass is 287 g/mol. The van der Waals surface area contributed by atoms with Gasteiger partial charge in [0, 0.05) is 10.9 Å². The molecule has 0 saturated heterocycles. The molecular formula is C17H21NOS. The molecule has 0 aliphatic heterocycles. The van der Waals surface area contributed by atoms with Crippen molar-refractivity contribution in [3.63, 3.8) is 0 Å². The van der Waals surface area contributed by atoms with Gasteiger partial charge in [-0.2, -0.15) is 0 Å². The van der Waals surface area contributed by atoms with Crippen LogP contribution < -0.4 is 5.73 Å². The molecule has 2 N–H and O–H groups in total. The van der Waals surface area contributed by atoms with E-state index in [1.807, 2.05) is 62.4 Å². The Bertz CT molecular complexity index is 610. The van der Waals surface area contributed by atoms with E-state index in [9.17, 15) is 4.21 Å². The molecule has 0 bridgehead atoms. The topological polar surface area (TPSA) is 43.1 Å². The zero-order chi connectivity index (χ0) is 14.7. The third-order valence-corrected chi connectivity index (χ3v) is 5.43.